The Labute approximate surface area is 401 Å². The van der Waals surface area contributed by atoms with Crippen LogP contribution in [0.2, 0.25) is 0 Å². The number of aliphatic hydroxyl groups is 2. The number of aliphatic carboxylic acids is 1. The molecule has 6 aromatic rings. The molecular weight excluding hydrogens is 875 g/mol. The molecule has 2 fully saturated rings. The lowest BCUT2D eigenvalue weighted by Gasteiger charge is -2.33. The first kappa shape index (κ1) is 48.6. The molecule has 0 spiro atoms. The van der Waals surface area contributed by atoms with Gasteiger partial charge in [0.2, 0.25) is 11.2 Å². The highest BCUT2D eigenvalue weighted by molar-refractivity contribution is 5.94. The molecule has 2 aliphatic rings. The van der Waals surface area contributed by atoms with Crippen LogP contribution < -0.4 is 20.9 Å². The molecule has 0 saturated carbocycles. The molecule has 3 heterocycles. The number of nitrogens with zero attached hydrogens (tertiary/aromatic N) is 2. The molecule has 69 heavy (non-hydrogen) atoms. The molecule has 7 N–H and O–H groups in total. The maximum Gasteiger partial charge on any atom is 0.345 e. The van der Waals surface area contributed by atoms with Crippen molar-refractivity contribution in [2.24, 2.45) is 11.8 Å². The molecule has 8 rings (SSSR count). The Morgan fingerprint density at radius 1 is 0.797 bits per heavy atom. The number of hydrogen-bond donors (Lipinski definition) is 7. The number of phenols is 1. The van der Waals surface area contributed by atoms with Gasteiger partial charge in [0, 0.05) is 60.9 Å². The van der Waals surface area contributed by atoms with Gasteiger partial charge < -0.3 is 45.7 Å². The number of rotatable bonds is 19. The summed E-state index contributed by atoms with van der Waals surface area (Å²) in [5.41, 5.74) is 2.33. The Morgan fingerprint density at radius 3 is 2.28 bits per heavy atom. The number of carbonyl (C=O) groups is 3. The van der Waals surface area contributed by atoms with E-state index in [4.69, 9.17) is 4.74 Å². The highest BCUT2D eigenvalue weighted by Crippen LogP contribution is 2.36. The second-order valence-electron chi connectivity index (χ2n) is 18.4. The van der Waals surface area contributed by atoms with Crippen molar-refractivity contribution in [3.63, 3.8) is 0 Å². The lowest BCUT2D eigenvalue weighted by molar-refractivity contribution is -0.155. The number of H-pyrrole nitrogens is 1. The Kier molecular flexibility index (Phi) is 15.9. The Morgan fingerprint density at radius 2 is 1.52 bits per heavy atom. The summed E-state index contributed by atoms with van der Waals surface area (Å²) in [6.07, 6.45) is 3.84. The lowest BCUT2D eigenvalue weighted by atomic mass is 9.80. The number of aromatic amines is 1. The van der Waals surface area contributed by atoms with Gasteiger partial charge in [0.05, 0.1) is 11.6 Å². The number of aliphatic hydroxyl groups excluding tert-OH is 1. The van der Waals surface area contributed by atoms with Crippen molar-refractivity contribution < 1.29 is 39.5 Å². The van der Waals surface area contributed by atoms with E-state index < -0.39 is 17.7 Å². The Balaban J connectivity index is 0.759. The number of nitrogens with one attached hydrogen (secondary N) is 3. The first-order valence-electron chi connectivity index (χ1n) is 23.9. The predicted molar refractivity (Wildman–Crippen MR) is 263 cm³/mol. The van der Waals surface area contributed by atoms with Gasteiger partial charge in [-0.05, 0) is 129 Å². The van der Waals surface area contributed by atoms with Gasteiger partial charge in [0.25, 0.3) is 11.8 Å². The summed E-state index contributed by atoms with van der Waals surface area (Å²) in [6, 6.07) is 37.4. The van der Waals surface area contributed by atoms with E-state index in [0.29, 0.717) is 79.9 Å². The van der Waals surface area contributed by atoms with Crippen LogP contribution in [0.25, 0.3) is 10.9 Å². The van der Waals surface area contributed by atoms with Crippen LogP contribution in [0.3, 0.4) is 0 Å². The third-order valence-corrected chi connectivity index (χ3v) is 13.7. The van der Waals surface area contributed by atoms with Crippen molar-refractivity contribution in [2.75, 3.05) is 52.4 Å². The summed E-state index contributed by atoms with van der Waals surface area (Å²) in [6.45, 7) is 4.91. The number of aromatic nitrogens is 1. The van der Waals surface area contributed by atoms with Crippen LogP contribution in [0.4, 0.5) is 0 Å². The lowest BCUT2D eigenvalue weighted by Crippen LogP contribution is -2.43. The van der Waals surface area contributed by atoms with E-state index in [1.54, 1.807) is 59.5 Å². The molecule has 360 valence electrons. The van der Waals surface area contributed by atoms with Gasteiger partial charge in [-0.15, -0.1) is 0 Å². The van der Waals surface area contributed by atoms with Gasteiger partial charge in [-0.1, -0.05) is 84.9 Å². The van der Waals surface area contributed by atoms with E-state index in [2.05, 4.69) is 44.8 Å². The molecule has 0 bridgehead atoms. The van der Waals surface area contributed by atoms with Crippen LogP contribution in [0.1, 0.15) is 75.5 Å². The average molecular weight is 936 g/mol. The molecule has 2 saturated heterocycles. The van der Waals surface area contributed by atoms with E-state index in [0.717, 1.165) is 43.6 Å². The van der Waals surface area contributed by atoms with E-state index in [9.17, 15) is 39.6 Å². The highest BCUT2D eigenvalue weighted by Gasteiger charge is 2.42. The average Bonchev–Trinajstić information content (AvgIpc) is 3.37. The largest absolute Gasteiger partial charge is 0.506 e. The molecule has 2 aliphatic heterocycles. The zero-order valence-corrected chi connectivity index (χ0v) is 38.7. The van der Waals surface area contributed by atoms with Gasteiger partial charge in [0.1, 0.15) is 11.5 Å². The molecule has 5 aromatic carbocycles. The summed E-state index contributed by atoms with van der Waals surface area (Å²) >= 11 is 0. The van der Waals surface area contributed by atoms with Crippen molar-refractivity contribution in [1.29, 1.82) is 0 Å². The molecule has 14 heteroatoms. The molecule has 1 aromatic heterocycles. The maximum absolute atomic E-state index is 13.3. The maximum atomic E-state index is 13.3. The molecule has 2 atom stereocenters. The van der Waals surface area contributed by atoms with Crippen molar-refractivity contribution in [1.82, 2.24) is 25.4 Å². The zero-order chi connectivity index (χ0) is 48.3. The SMILES string of the molecule is O=C(NCC1CCN(C(=O)COc2cccc([C@@](O)(C(=O)O)c3ccccc3CC3CCN(Cc4ccccc4)CC3)c2)CC1)c1ccc(CCNC[C@H](O)c2ccc(O)c3[nH]c(=O)ccc23)cc1. The van der Waals surface area contributed by atoms with Crippen LogP contribution in [0.15, 0.2) is 132 Å². The minimum Gasteiger partial charge on any atom is -0.506 e. The fourth-order valence-corrected chi connectivity index (χ4v) is 9.67. The smallest absolute Gasteiger partial charge is 0.345 e. The topological polar surface area (TPSA) is 205 Å². The standard InChI is InChI=1S/C55H61N5O9/c61-48-19-17-45(46-18-20-50(63)58-52(46)48)49(62)34-56-26-21-37-13-15-41(16-14-37)53(65)57-33-39-24-29-60(30-25-39)51(64)36-69-44-11-6-10-43(32-44)55(68,54(66)67)47-12-5-4-9-42(47)31-38-22-27-59(28-23-38)35-40-7-2-1-3-8-40/h1-20,32,38-39,49,56,61-62,68H,21-31,33-36H2,(H,57,65)(H,58,63)(H,66,67)/t49-,55-/m0/s1. The minimum atomic E-state index is -2.33. The molecule has 14 nitrogen and oxygen atoms in total. The number of carboxylic acid groups (broad SMARTS) is 1. The first-order chi connectivity index (χ1) is 33.4. The van der Waals surface area contributed by atoms with Crippen LogP contribution in [0, 0.1) is 11.8 Å². The number of ether oxygens (including phenoxy) is 1. The van der Waals surface area contributed by atoms with Gasteiger partial charge in [-0.3, -0.25) is 19.3 Å². The summed E-state index contributed by atoms with van der Waals surface area (Å²) in [7, 11) is 0. The van der Waals surface area contributed by atoms with E-state index in [-0.39, 0.29) is 59.0 Å². The molecular formula is C55H61N5O9. The predicted octanol–water partition coefficient (Wildman–Crippen LogP) is 5.92. The number of phenolic OH excluding ortho intramolecular Hbond substituents is 1. The summed E-state index contributed by atoms with van der Waals surface area (Å²) in [4.78, 5) is 57.9. The van der Waals surface area contributed by atoms with E-state index in [1.165, 1.54) is 23.8 Å². The number of piperidine rings is 2. The van der Waals surface area contributed by atoms with Crippen molar-refractivity contribution in [3.8, 4) is 11.5 Å². The second kappa shape index (κ2) is 22.5. The Hall–Kier alpha value is -6.84. The van der Waals surface area contributed by atoms with Gasteiger partial charge in [0.15, 0.2) is 6.61 Å². The van der Waals surface area contributed by atoms with E-state index >= 15 is 0 Å². The van der Waals surface area contributed by atoms with Crippen LogP contribution in [0.5, 0.6) is 11.5 Å². The number of likely N-dealkylation sites (tertiary alicyclic amines) is 2. The van der Waals surface area contributed by atoms with Crippen molar-refractivity contribution in [3.05, 3.63) is 177 Å². The number of carboxylic acids is 1. The Bertz CT molecular complexity index is 2770. The molecule has 2 amide bonds. The zero-order valence-electron chi connectivity index (χ0n) is 38.7. The summed E-state index contributed by atoms with van der Waals surface area (Å²) in [5, 5.41) is 50.5. The number of aromatic hydroxyl groups is 1. The van der Waals surface area contributed by atoms with E-state index in [1.807, 2.05) is 30.3 Å². The number of benzene rings is 5. The fourth-order valence-electron chi connectivity index (χ4n) is 9.67. The van der Waals surface area contributed by atoms with Crippen molar-refractivity contribution in [2.45, 2.75) is 56.8 Å². The fraction of sp³-hybridized carbons (Fsp3) is 0.345. The van der Waals surface area contributed by atoms with Crippen molar-refractivity contribution >= 4 is 28.7 Å². The second-order valence-corrected chi connectivity index (χ2v) is 18.4. The first-order valence-corrected chi connectivity index (χ1v) is 23.9. The molecule has 0 unspecified atom stereocenters. The number of amides is 2. The number of pyridine rings is 1. The van der Waals surface area contributed by atoms with Gasteiger partial charge in [-0.25, -0.2) is 4.79 Å². The summed E-state index contributed by atoms with van der Waals surface area (Å²) < 4.78 is 5.93. The summed E-state index contributed by atoms with van der Waals surface area (Å²) in [5.74, 6) is -1.00. The van der Waals surface area contributed by atoms with Crippen LogP contribution in [-0.2, 0) is 34.6 Å². The number of fused-ring (bicyclic) bond motifs is 1. The quantitative estimate of drug-likeness (QED) is 0.0475. The molecule has 0 radical (unpaired) electrons. The monoisotopic (exact) mass is 935 g/mol. The van der Waals surface area contributed by atoms with Gasteiger partial charge >= 0.3 is 5.97 Å². The number of carbonyl (C=O) groups excluding carboxylic acids is 2. The third kappa shape index (κ3) is 12.1. The van der Waals surface area contributed by atoms with Crippen LogP contribution in [-0.4, -0.2) is 105 Å². The number of hydrogen-bond acceptors (Lipinski definition) is 10. The molecule has 0 aliphatic carbocycles. The van der Waals surface area contributed by atoms with Crippen LogP contribution >= 0.6 is 0 Å². The van der Waals surface area contributed by atoms with Gasteiger partial charge in [-0.2, -0.15) is 0 Å². The minimum absolute atomic E-state index is 0.0608. The highest BCUT2D eigenvalue weighted by atomic mass is 16.5. The normalized spacial score (nSPS) is 16.2. The third-order valence-electron chi connectivity index (χ3n) is 13.7.